The standard InChI is InChI=1S/C17H17NO3S/c1-12-4-6-13(7-5-12)16(15-3-2-10-22-15)18-17(19)14-11-20-8-9-21-14/h2-7,10-11,16H,8-9H2,1H3,(H,18,19)/t16-/m1/s1. The van der Waals surface area contributed by atoms with Crippen molar-refractivity contribution in [2.24, 2.45) is 0 Å². The molecule has 22 heavy (non-hydrogen) atoms. The highest BCUT2D eigenvalue weighted by Gasteiger charge is 2.22. The molecule has 5 heteroatoms. The van der Waals surface area contributed by atoms with Crippen molar-refractivity contribution in [2.75, 3.05) is 13.2 Å². The zero-order valence-electron chi connectivity index (χ0n) is 12.2. The lowest BCUT2D eigenvalue weighted by atomic mass is 10.0. The summed E-state index contributed by atoms with van der Waals surface area (Å²) in [6.45, 7) is 2.91. The number of hydrogen-bond acceptors (Lipinski definition) is 4. The number of amides is 1. The Morgan fingerprint density at radius 1 is 1.23 bits per heavy atom. The van der Waals surface area contributed by atoms with Gasteiger partial charge in [-0.25, -0.2) is 0 Å². The van der Waals surface area contributed by atoms with E-state index in [1.807, 2.05) is 48.7 Å². The first-order valence-corrected chi connectivity index (χ1v) is 7.97. The van der Waals surface area contributed by atoms with Crippen LogP contribution in [0.1, 0.15) is 22.0 Å². The largest absolute Gasteiger partial charge is 0.494 e. The van der Waals surface area contributed by atoms with Gasteiger partial charge in [0.1, 0.15) is 19.5 Å². The van der Waals surface area contributed by atoms with Gasteiger partial charge in [-0.05, 0) is 23.9 Å². The average Bonchev–Trinajstić information content (AvgIpc) is 3.08. The summed E-state index contributed by atoms with van der Waals surface area (Å²) in [6, 6.07) is 12.0. The first-order chi connectivity index (χ1) is 10.7. The van der Waals surface area contributed by atoms with Gasteiger partial charge in [0, 0.05) is 4.88 Å². The molecule has 1 atom stereocenters. The van der Waals surface area contributed by atoms with Crippen LogP contribution in [0.5, 0.6) is 0 Å². The lowest BCUT2D eigenvalue weighted by molar-refractivity contribution is -0.122. The molecular formula is C17H17NO3S. The number of carbonyl (C=O) groups is 1. The molecule has 1 amide bonds. The number of rotatable bonds is 4. The molecule has 0 saturated carbocycles. The summed E-state index contributed by atoms with van der Waals surface area (Å²) in [5.41, 5.74) is 2.23. The Morgan fingerprint density at radius 3 is 2.68 bits per heavy atom. The normalized spacial score (nSPS) is 15.2. The van der Waals surface area contributed by atoms with Gasteiger partial charge in [-0.2, -0.15) is 0 Å². The first-order valence-electron chi connectivity index (χ1n) is 7.09. The quantitative estimate of drug-likeness (QED) is 0.943. The van der Waals surface area contributed by atoms with Gasteiger partial charge >= 0.3 is 0 Å². The Labute approximate surface area is 133 Å². The van der Waals surface area contributed by atoms with Crippen LogP contribution in [0.4, 0.5) is 0 Å². The Hall–Kier alpha value is -2.27. The smallest absolute Gasteiger partial charge is 0.290 e. The molecule has 0 aliphatic carbocycles. The second-order valence-corrected chi connectivity index (χ2v) is 6.01. The van der Waals surface area contributed by atoms with Gasteiger partial charge in [0.25, 0.3) is 5.91 Å². The number of nitrogens with one attached hydrogen (secondary N) is 1. The van der Waals surface area contributed by atoms with Crippen molar-refractivity contribution in [1.29, 1.82) is 0 Å². The second-order valence-electron chi connectivity index (χ2n) is 5.03. The number of thiophene rings is 1. The molecule has 0 bridgehead atoms. The van der Waals surface area contributed by atoms with Crippen molar-refractivity contribution in [3.8, 4) is 0 Å². The first kappa shape index (κ1) is 14.7. The Morgan fingerprint density at radius 2 is 2.05 bits per heavy atom. The molecule has 1 aliphatic rings. The molecule has 4 nitrogen and oxygen atoms in total. The highest BCUT2D eigenvalue weighted by Crippen LogP contribution is 2.26. The number of hydrogen-bond donors (Lipinski definition) is 1. The maximum atomic E-state index is 12.4. The van der Waals surface area contributed by atoms with Crippen LogP contribution in [0.3, 0.4) is 0 Å². The van der Waals surface area contributed by atoms with Crippen LogP contribution >= 0.6 is 11.3 Å². The Kier molecular flexibility index (Phi) is 4.44. The van der Waals surface area contributed by atoms with E-state index in [4.69, 9.17) is 9.47 Å². The van der Waals surface area contributed by atoms with E-state index in [0.717, 1.165) is 10.4 Å². The van der Waals surface area contributed by atoms with Gasteiger partial charge in [0.05, 0.1) is 6.04 Å². The van der Waals surface area contributed by atoms with E-state index < -0.39 is 0 Å². The Bertz CT molecular complexity index is 662. The summed E-state index contributed by atoms with van der Waals surface area (Å²) in [5, 5.41) is 5.03. The maximum absolute atomic E-state index is 12.4. The number of aryl methyl sites for hydroxylation is 1. The number of ether oxygens (including phenoxy) is 2. The van der Waals surface area contributed by atoms with Gasteiger partial charge < -0.3 is 14.8 Å². The van der Waals surface area contributed by atoms with E-state index in [2.05, 4.69) is 5.32 Å². The van der Waals surface area contributed by atoms with Crippen molar-refractivity contribution in [3.63, 3.8) is 0 Å². The molecule has 1 aliphatic heterocycles. The molecule has 2 aromatic rings. The van der Waals surface area contributed by atoms with Crippen molar-refractivity contribution in [2.45, 2.75) is 13.0 Å². The minimum absolute atomic E-state index is 0.195. The van der Waals surface area contributed by atoms with Crippen molar-refractivity contribution in [3.05, 3.63) is 69.8 Å². The number of benzene rings is 1. The fourth-order valence-electron chi connectivity index (χ4n) is 2.22. The van der Waals surface area contributed by atoms with E-state index in [-0.39, 0.29) is 17.7 Å². The van der Waals surface area contributed by atoms with E-state index in [9.17, 15) is 4.79 Å². The topological polar surface area (TPSA) is 47.6 Å². The molecule has 1 N–H and O–H groups in total. The lowest BCUT2D eigenvalue weighted by Gasteiger charge is -2.21. The number of carbonyl (C=O) groups excluding carboxylic acids is 1. The van der Waals surface area contributed by atoms with E-state index in [1.54, 1.807) is 11.3 Å². The van der Waals surface area contributed by atoms with E-state index in [0.29, 0.717) is 13.2 Å². The molecular weight excluding hydrogens is 298 g/mol. The van der Waals surface area contributed by atoms with Gasteiger partial charge in [-0.3, -0.25) is 4.79 Å². The molecule has 0 unspecified atom stereocenters. The Balaban J connectivity index is 1.84. The summed E-state index contributed by atoms with van der Waals surface area (Å²) in [6.07, 6.45) is 1.37. The van der Waals surface area contributed by atoms with E-state index >= 15 is 0 Å². The van der Waals surface area contributed by atoms with Crippen LogP contribution in [-0.2, 0) is 14.3 Å². The summed E-state index contributed by atoms with van der Waals surface area (Å²) in [7, 11) is 0. The van der Waals surface area contributed by atoms with Crippen molar-refractivity contribution in [1.82, 2.24) is 5.32 Å². The molecule has 3 rings (SSSR count). The summed E-state index contributed by atoms with van der Waals surface area (Å²) >= 11 is 1.61. The summed E-state index contributed by atoms with van der Waals surface area (Å²) < 4.78 is 10.5. The average molecular weight is 315 g/mol. The minimum atomic E-state index is -0.265. The maximum Gasteiger partial charge on any atom is 0.290 e. The van der Waals surface area contributed by atoms with Gasteiger partial charge in [-0.1, -0.05) is 35.9 Å². The molecule has 0 spiro atoms. The third-order valence-corrected chi connectivity index (χ3v) is 4.32. The molecule has 2 heterocycles. The minimum Gasteiger partial charge on any atom is -0.494 e. The predicted octanol–water partition coefficient (Wildman–Crippen LogP) is 3.15. The van der Waals surface area contributed by atoms with Crippen LogP contribution in [0, 0.1) is 6.92 Å². The zero-order valence-corrected chi connectivity index (χ0v) is 13.1. The third kappa shape index (κ3) is 3.31. The predicted molar refractivity (Wildman–Crippen MR) is 85.5 cm³/mol. The molecule has 1 aromatic heterocycles. The zero-order chi connectivity index (χ0) is 15.4. The lowest BCUT2D eigenvalue weighted by Crippen LogP contribution is -2.32. The molecule has 1 aromatic carbocycles. The highest BCUT2D eigenvalue weighted by molar-refractivity contribution is 7.10. The third-order valence-electron chi connectivity index (χ3n) is 3.39. The van der Waals surface area contributed by atoms with Crippen LogP contribution in [-0.4, -0.2) is 19.1 Å². The summed E-state index contributed by atoms with van der Waals surface area (Å²) in [4.78, 5) is 13.4. The van der Waals surface area contributed by atoms with E-state index in [1.165, 1.54) is 11.8 Å². The van der Waals surface area contributed by atoms with Gasteiger partial charge in [0.15, 0.2) is 0 Å². The molecule has 0 fully saturated rings. The second kappa shape index (κ2) is 6.66. The van der Waals surface area contributed by atoms with Crippen molar-refractivity contribution < 1.29 is 14.3 Å². The van der Waals surface area contributed by atoms with Crippen molar-refractivity contribution >= 4 is 17.2 Å². The highest BCUT2D eigenvalue weighted by atomic mass is 32.1. The van der Waals surface area contributed by atoms with Gasteiger partial charge in [-0.15, -0.1) is 11.3 Å². The van der Waals surface area contributed by atoms with Crippen LogP contribution in [0.25, 0.3) is 0 Å². The molecule has 114 valence electrons. The van der Waals surface area contributed by atoms with Crippen LogP contribution < -0.4 is 5.32 Å². The SMILES string of the molecule is Cc1ccc([C@@H](NC(=O)C2=COCCO2)c2cccs2)cc1. The monoisotopic (exact) mass is 315 g/mol. The van der Waals surface area contributed by atoms with Crippen LogP contribution in [0.15, 0.2) is 53.8 Å². The van der Waals surface area contributed by atoms with Gasteiger partial charge in [0.2, 0.25) is 5.76 Å². The summed E-state index contributed by atoms with van der Waals surface area (Å²) in [5.74, 6) is -0.0430. The fourth-order valence-corrected chi connectivity index (χ4v) is 3.03. The fraction of sp³-hybridized carbons (Fsp3) is 0.235. The molecule has 0 radical (unpaired) electrons. The molecule has 0 saturated heterocycles. The van der Waals surface area contributed by atoms with Crippen LogP contribution in [0.2, 0.25) is 0 Å².